The fraction of sp³-hybridized carbons (Fsp3) is 0.400. The van der Waals surface area contributed by atoms with Crippen LogP contribution in [0.3, 0.4) is 0 Å². The molecule has 1 heterocycles. The quantitative estimate of drug-likeness (QED) is 0.870. The molecule has 0 unspecified atom stereocenters. The molecule has 2 aromatic rings. The normalized spacial score (nSPS) is 10.8. The maximum atomic E-state index is 5.80. The van der Waals surface area contributed by atoms with Crippen molar-refractivity contribution >= 4 is 6.01 Å². The van der Waals surface area contributed by atoms with Gasteiger partial charge in [-0.2, -0.15) is 4.98 Å². The second-order valence-corrected chi connectivity index (χ2v) is 4.82. The highest BCUT2D eigenvalue weighted by Crippen LogP contribution is 2.34. The summed E-state index contributed by atoms with van der Waals surface area (Å²) in [6.07, 6.45) is 0. The molecule has 0 fully saturated rings. The summed E-state index contributed by atoms with van der Waals surface area (Å²) >= 11 is 0. The number of benzene rings is 1. The number of aromatic nitrogens is 1. The average molecular weight is 244 g/mol. The topological polar surface area (TPSA) is 38.1 Å². The highest BCUT2D eigenvalue weighted by Gasteiger charge is 2.17. The van der Waals surface area contributed by atoms with E-state index in [4.69, 9.17) is 4.42 Å². The van der Waals surface area contributed by atoms with Crippen LogP contribution in [0, 0.1) is 34.6 Å². The van der Waals surface area contributed by atoms with Gasteiger partial charge in [-0.05, 0) is 56.9 Å². The first-order chi connectivity index (χ1) is 8.45. The van der Waals surface area contributed by atoms with Gasteiger partial charge in [-0.25, -0.2) is 0 Å². The van der Waals surface area contributed by atoms with Gasteiger partial charge in [-0.3, -0.25) is 0 Å². The van der Waals surface area contributed by atoms with Crippen LogP contribution in [0.4, 0.5) is 6.01 Å². The van der Waals surface area contributed by atoms with Gasteiger partial charge in [0.1, 0.15) is 0 Å². The Morgan fingerprint density at radius 2 is 1.56 bits per heavy atom. The summed E-state index contributed by atoms with van der Waals surface area (Å²) in [6.45, 7) is 10.5. The predicted molar refractivity (Wildman–Crippen MR) is 75.2 cm³/mol. The Labute approximate surface area is 108 Å². The highest BCUT2D eigenvalue weighted by molar-refractivity contribution is 5.71. The zero-order chi connectivity index (χ0) is 13.4. The number of oxazole rings is 1. The molecule has 0 bridgehead atoms. The van der Waals surface area contributed by atoms with Crippen LogP contribution in [0.1, 0.15) is 27.9 Å². The molecule has 0 atom stereocenters. The Bertz CT molecular complexity index is 571. The van der Waals surface area contributed by atoms with E-state index in [1.807, 2.05) is 14.0 Å². The van der Waals surface area contributed by atoms with Gasteiger partial charge in [0.25, 0.3) is 6.01 Å². The van der Waals surface area contributed by atoms with Gasteiger partial charge in [0, 0.05) is 12.6 Å². The van der Waals surface area contributed by atoms with Crippen LogP contribution in [-0.4, -0.2) is 12.0 Å². The molecule has 0 spiro atoms. The maximum Gasteiger partial charge on any atom is 0.295 e. The molecule has 3 nitrogen and oxygen atoms in total. The Morgan fingerprint density at radius 1 is 1.00 bits per heavy atom. The largest absolute Gasteiger partial charge is 0.423 e. The molecule has 0 aliphatic carbocycles. The molecule has 0 aliphatic rings. The van der Waals surface area contributed by atoms with Crippen LogP contribution in [0.15, 0.2) is 10.5 Å². The van der Waals surface area contributed by atoms with Crippen molar-refractivity contribution in [3.63, 3.8) is 0 Å². The summed E-state index contributed by atoms with van der Waals surface area (Å²) in [4.78, 5) is 4.37. The van der Waals surface area contributed by atoms with Crippen molar-refractivity contribution in [3.8, 4) is 11.3 Å². The second-order valence-electron chi connectivity index (χ2n) is 4.82. The Hall–Kier alpha value is -1.77. The lowest BCUT2D eigenvalue weighted by atomic mass is 9.92. The van der Waals surface area contributed by atoms with Gasteiger partial charge in [0.2, 0.25) is 0 Å². The van der Waals surface area contributed by atoms with E-state index < -0.39 is 0 Å². The van der Waals surface area contributed by atoms with E-state index in [2.05, 4.69) is 44.1 Å². The third-order valence-electron chi connectivity index (χ3n) is 3.60. The first-order valence-electron chi connectivity index (χ1n) is 6.18. The standard InChI is InChI=1S/C15H20N2O/c1-8-7-9(2)11(4)13(10(8)3)14-12(5)17-15(16-6)18-14/h7H,1-6H3,(H,16,17). The molecule has 96 valence electrons. The Balaban J connectivity index is 2.73. The summed E-state index contributed by atoms with van der Waals surface area (Å²) < 4.78 is 5.80. The Kier molecular flexibility index (Phi) is 3.16. The smallest absolute Gasteiger partial charge is 0.295 e. The molecule has 18 heavy (non-hydrogen) atoms. The summed E-state index contributed by atoms with van der Waals surface area (Å²) in [6, 6.07) is 2.79. The van der Waals surface area contributed by atoms with Crippen molar-refractivity contribution in [2.45, 2.75) is 34.6 Å². The van der Waals surface area contributed by atoms with Gasteiger partial charge in [0.05, 0.1) is 5.69 Å². The number of hydrogen-bond donors (Lipinski definition) is 1. The molecule has 2 rings (SSSR count). The minimum absolute atomic E-state index is 0.570. The van der Waals surface area contributed by atoms with Crippen LogP contribution in [0.5, 0.6) is 0 Å². The van der Waals surface area contributed by atoms with Crippen LogP contribution >= 0.6 is 0 Å². The monoisotopic (exact) mass is 244 g/mol. The summed E-state index contributed by atoms with van der Waals surface area (Å²) in [5.41, 5.74) is 7.21. The van der Waals surface area contributed by atoms with Crippen LogP contribution in [0.25, 0.3) is 11.3 Å². The van der Waals surface area contributed by atoms with E-state index in [-0.39, 0.29) is 0 Å². The molecule has 3 heteroatoms. The van der Waals surface area contributed by atoms with E-state index in [0.717, 1.165) is 11.5 Å². The zero-order valence-electron chi connectivity index (χ0n) is 11.9. The Morgan fingerprint density at radius 3 is 2.00 bits per heavy atom. The maximum absolute atomic E-state index is 5.80. The number of aryl methyl sites for hydroxylation is 3. The zero-order valence-corrected chi connectivity index (χ0v) is 11.9. The molecule has 0 aliphatic heterocycles. The van der Waals surface area contributed by atoms with Crippen molar-refractivity contribution in [3.05, 3.63) is 34.0 Å². The van der Waals surface area contributed by atoms with Crippen molar-refractivity contribution in [1.82, 2.24) is 4.98 Å². The first-order valence-corrected chi connectivity index (χ1v) is 6.18. The molecule has 0 saturated carbocycles. The lowest BCUT2D eigenvalue weighted by molar-refractivity contribution is 0.588. The second kappa shape index (κ2) is 4.48. The highest BCUT2D eigenvalue weighted by atomic mass is 16.4. The van der Waals surface area contributed by atoms with Gasteiger partial charge in [-0.15, -0.1) is 0 Å². The average Bonchev–Trinajstić information content (AvgIpc) is 2.69. The van der Waals surface area contributed by atoms with Crippen molar-refractivity contribution in [2.75, 3.05) is 12.4 Å². The lowest BCUT2D eigenvalue weighted by Gasteiger charge is -2.13. The molecule has 0 amide bonds. The van der Waals surface area contributed by atoms with Crippen molar-refractivity contribution < 1.29 is 4.42 Å². The molecule has 1 aromatic carbocycles. The van der Waals surface area contributed by atoms with E-state index in [1.165, 1.54) is 27.8 Å². The number of anilines is 1. The van der Waals surface area contributed by atoms with Gasteiger partial charge >= 0.3 is 0 Å². The molecule has 1 N–H and O–H groups in total. The SMILES string of the molecule is CNc1nc(C)c(-c2c(C)c(C)cc(C)c2C)o1. The predicted octanol–water partition coefficient (Wildman–Crippen LogP) is 3.93. The molecule has 0 radical (unpaired) electrons. The van der Waals surface area contributed by atoms with E-state index in [9.17, 15) is 0 Å². The van der Waals surface area contributed by atoms with E-state index in [1.54, 1.807) is 0 Å². The van der Waals surface area contributed by atoms with Crippen molar-refractivity contribution in [2.24, 2.45) is 0 Å². The number of rotatable bonds is 2. The van der Waals surface area contributed by atoms with E-state index in [0.29, 0.717) is 6.01 Å². The fourth-order valence-electron chi connectivity index (χ4n) is 2.29. The third-order valence-corrected chi connectivity index (χ3v) is 3.60. The molecule has 0 saturated heterocycles. The molecular formula is C15H20N2O. The van der Waals surface area contributed by atoms with Gasteiger partial charge < -0.3 is 9.73 Å². The molecule has 1 aromatic heterocycles. The van der Waals surface area contributed by atoms with Gasteiger partial charge in [-0.1, -0.05) is 6.07 Å². The number of nitrogens with one attached hydrogen (secondary N) is 1. The fourth-order valence-corrected chi connectivity index (χ4v) is 2.29. The minimum Gasteiger partial charge on any atom is -0.423 e. The number of hydrogen-bond acceptors (Lipinski definition) is 3. The summed E-state index contributed by atoms with van der Waals surface area (Å²) in [5.74, 6) is 0.876. The number of nitrogens with zero attached hydrogens (tertiary/aromatic N) is 1. The van der Waals surface area contributed by atoms with Crippen molar-refractivity contribution in [1.29, 1.82) is 0 Å². The van der Waals surface area contributed by atoms with E-state index >= 15 is 0 Å². The lowest BCUT2D eigenvalue weighted by Crippen LogP contribution is -1.95. The summed E-state index contributed by atoms with van der Waals surface area (Å²) in [7, 11) is 1.82. The van der Waals surface area contributed by atoms with Crippen LogP contribution in [-0.2, 0) is 0 Å². The minimum atomic E-state index is 0.570. The van der Waals surface area contributed by atoms with Crippen LogP contribution < -0.4 is 5.32 Å². The summed E-state index contributed by atoms with van der Waals surface area (Å²) in [5, 5.41) is 2.95. The first kappa shape index (κ1) is 12.7. The third kappa shape index (κ3) is 1.90. The molecular weight excluding hydrogens is 224 g/mol. The van der Waals surface area contributed by atoms with Gasteiger partial charge in [0.15, 0.2) is 5.76 Å². The van der Waals surface area contributed by atoms with Crippen LogP contribution in [0.2, 0.25) is 0 Å².